The number of halogens is 1. The van der Waals surface area contributed by atoms with Gasteiger partial charge in [0.2, 0.25) is 5.91 Å². The van der Waals surface area contributed by atoms with E-state index in [9.17, 15) is 23.9 Å². The summed E-state index contributed by atoms with van der Waals surface area (Å²) in [5.41, 5.74) is -0.253. The second-order valence-electron chi connectivity index (χ2n) is 5.67. The van der Waals surface area contributed by atoms with Crippen molar-refractivity contribution in [2.45, 2.75) is 13.5 Å². The van der Waals surface area contributed by atoms with Gasteiger partial charge in [-0.15, -0.1) is 0 Å². The lowest BCUT2D eigenvalue weighted by molar-refractivity contribution is -0.117. The SMILES string of the molecule is Cc1ccc(NC(=O)Cn2nc(C(=O)O)c3ccccc3c2=O)cc1F. The normalized spacial score (nSPS) is 10.7. The highest BCUT2D eigenvalue weighted by Crippen LogP contribution is 2.15. The molecule has 0 atom stereocenters. The van der Waals surface area contributed by atoms with E-state index in [4.69, 9.17) is 0 Å². The molecule has 132 valence electrons. The smallest absolute Gasteiger partial charge is 0.357 e. The fourth-order valence-corrected chi connectivity index (χ4v) is 2.51. The fraction of sp³-hybridized carbons (Fsp3) is 0.111. The van der Waals surface area contributed by atoms with Gasteiger partial charge >= 0.3 is 5.97 Å². The predicted octanol–water partition coefficient (Wildman–Crippen LogP) is 2.18. The molecule has 2 aromatic carbocycles. The zero-order valence-corrected chi connectivity index (χ0v) is 13.7. The number of carbonyl (C=O) groups is 2. The lowest BCUT2D eigenvalue weighted by Crippen LogP contribution is -2.31. The average molecular weight is 355 g/mol. The van der Waals surface area contributed by atoms with Crippen molar-refractivity contribution in [1.82, 2.24) is 9.78 Å². The minimum absolute atomic E-state index is 0.147. The minimum Gasteiger partial charge on any atom is -0.476 e. The monoisotopic (exact) mass is 355 g/mol. The second kappa shape index (κ2) is 6.75. The highest BCUT2D eigenvalue weighted by Gasteiger charge is 2.17. The molecule has 0 saturated heterocycles. The number of aromatic nitrogens is 2. The molecule has 8 heteroatoms. The quantitative estimate of drug-likeness (QED) is 0.747. The average Bonchev–Trinajstić information content (AvgIpc) is 2.60. The molecule has 0 saturated carbocycles. The van der Waals surface area contributed by atoms with Crippen LogP contribution in [0.2, 0.25) is 0 Å². The van der Waals surface area contributed by atoms with E-state index >= 15 is 0 Å². The summed E-state index contributed by atoms with van der Waals surface area (Å²) in [6.07, 6.45) is 0. The van der Waals surface area contributed by atoms with Crippen molar-refractivity contribution in [3.8, 4) is 0 Å². The number of nitrogens with one attached hydrogen (secondary N) is 1. The Balaban J connectivity index is 1.94. The van der Waals surface area contributed by atoms with Crippen LogP contribution in [0.25, 0.3) is 10.8 Å². The first kappa shape index (κ1) is 17.3. The van der Waals surface area contributed by atoms with E-state index in [1.54, 1.807) is 19.1 Å². The van der Waals surface area contributed by atoms with Crippen molar-refractivity contribution >= 4 is 28.3 Å². The topological polar surface area (TPSA) is 101 Å². The van der Waals surface area contributed by atoms with Crippen molar-refractivity contribution < 1.29 is 19.1 Å². The molecule has 1 heterocycles. The zero-order chi connectivity index (χ0) is 18.8. The summed E-state index contributed by atoms with van der Waals surface area (Å²) in [6, 6.07) is 10.3. The van der Waals surface area contributed by atoms with Gasteiger partial charge in [0, 0.05) is 11.1 Å². The first-order valence-corrected chi connectivity index (χ1v) is 7.66. The van der Waals surface area contributed by atoms with Crippen molar-refractivity contribution in [2.75, 3.05) is 5.32 Å². The number of benzene rings is 2. The number of hydrogen-bond donors (Lipinski definition) is 2. The Kier molecular flexibility index (Phi) is 4.49. The van der Waals surface area contributed by atoms with Crippen LogP contribution in [0.4, 0.5) is 10.1 Å². The molecule has 26 heavy (non-hydrogen) atoms. The Labute approximate surface area is 146 Å². The Hall–Kier alpha value is -3.55. The summed E-state index contributed by atoms with van der Waals surface area (Å²) in [6.45, 7) is 1.09. The van der Waals surface area contributed by atoms with Crippen LogP contribution in [-0.2, 0) is 11.3 Å². The first-order valence-electron chi connectivity index (χ1n) is 7.66. The summed E-state index contributed by atoms with van der Waals surface area (Å²) >= 11 is 0. The molecule has 2 N–H and O–H groups in total. The van der Waals surface area contributed by atoms with E-state index in [1.807, 2.05) is 0 Å². The molecule has 0 bridgehead atoms. The fourth-order valence-electron chi connectivity index (χ4n) is 2.51. The van der Waals surface area contributed by atoms with Gasteiger partial charge < -0.3 is 10.4 Å². The van der Waals surface area contributed by atoms with E-state index < -0.39 is 29.8 Å². The molecule has 3 rings (SSSR count). The lowest BCUT2D eigenvalue weighted by atomic mass is 10.1. The molecule has 1 aromatic heterocycles. The number of nitrogens with zero attached hydrogens (tertiary/aromatic N) is 2. The number of carboxylic acid groups (broad SMARTS) is 1. The summed E-state index contributed by atoms with van der Waals surface area (Å²) in [5.74, 6) is -2.41. The van der Waals surface area contributed by atoms with E-state index in [0.29, 0.717) is 5.56 Å². The third-order valence-electron chi connectivity index (χ3n) is 3.82. The van der Waals surface area contributed by atoms with Gasteiger partial charge in [-0.05, 0) is 30.7 Å². The number of amides is 1. The number of carboxylic acids is 1. The molecular formula is C18H14FN3O4. The van der Waals surface area contributed by atoms with Crippen molar-refractivity contribution in [2.24, 2.45) is 0 Å². The Morgan fingerprint density at radius 2 is 1.88 bits per heavy atom. The molecule has 0 aliphatic carbocycles. The van der Waals surface area contributed by atoms with Crippen LogP contribution >= 0.6 is 0 Å². The largest absolute Gasteiger partial charge is 0.476 e. The van der Waals surface area contributed by atoms with Crippen LogP contribution in [-0.4, -0.2) is 26.8 Å². The van der Waals surface area contributed by atoms with Crippen LogP contribution in [0.15, 0.2) is 47.3 Å². The van der Waals surface area contributed by atoms with Gasteiger partial charge in [-0.25, -0.2) is 13.9 Å². The van der Waals surface area contributed by atoms with Crippen molar-refractivity contribution in [3.05, 3.63) is 69.9 Å². The third-order valence-corrected chi connectivity index (χ3v) is 3.82. The van der Waals surface area contributed by atoms with Gasteiger partial charge in [-0.1, -0.05) is 24.3 Å². The third kappa shape index (κ3) is 3.30. The molecule has 0 unspecified atom stereocenters. The number of aryl methyl sites for hydroxylation is 1. The van der Waals surface area contributed by atoms with E-state index in [-0.39, 0.29) is 22.2 Å². The zero-order valence-electron chi connectivity index (χ0n) is 13.7. The Bertz CT molecular complexity index is 1090. The van der Waals surface area contributed by atoms with E-state index in [0.717, 1.165) is 10.7 Å². The first-order chi connectivity index (χ1) is 12.4. The Morgan fingerprint density at radius 1 is 1.19 bits per heavy atom. The summed E-state index contributed by atoms with van der Waals surface area (Å²) in [5, 5.41) is 15.9. The van der Waals surface area contributed by atoms with Gasteiger partial charge in [0.25, 0.3) is 5.56 Å². The van der Waals surface area contributed by atoms with Gasteiger partial charge in [-0.3, -0.25) is 9.59 Å². The van der Waals surface area contributed by atoms with Gasteiger partial charge in [0.15, 0.2) is 5.69 Å². The van der Waals surface area contributed by atoms with E-state index in [1.165, 1.54) is 24.3 Å². The number of aromatic carboxylic acids is 1. The highest BCUT2D eigenvalue weighted by molar-refractivity contribution is 6.01. The molecule has 7 nitrogen and oxygen atoms in total. The van der Waals surface area contributed by atoms with Crippen LogP contribution in [0, 0.1) is 12.7 Å². The lowest BCUT2D eigenvalue weighted by Gasteiger charge is -2.10. The van der Waals surface area contributed by atoms with Gasteiger partial charge in [-0.2, -0.15) is 5.10 Å². The maximum Gasteiger partial charge on any atom is 0.357 e. The van der Waals surface area contributed by atoms with Gasteiger partial charge in [0.1, 0.15) is 12.4 Å². The van der Waals surface area contributed by atoms with Gasteiger partial charge in [0.05, 0.1) is 5.39 Å². The highest BCUT2D eigenvalue weighted by atomic mass is 19.1. The standard InChI is InChI=1S/C18H14FN3O4/c1-10-6-7-11(8-14(10)19)20-15(23)9-22-17(24)13-5-3-2-4-12(13)16(21-22)18(25)26/h2-8H,9H2,1H3,(H,20,23)(H,25,26). The number of hydrogen-bond acceptors (Lipinski definition) is 4. The summed E-state index contributed by atoms with van der Waals surface area (Å²) in [7, 11) is 0. The van der Waals surface area contributed by atoms with Crippen LogP contribution in [0.5, 0.6) is 0 Å². The molecule has 0 aliphatic heterocycles. The molecule has 0 fully saturated rings. The molecular weight excluding hydrogens is 341 g/mol. The molecule has 3 aromatic rings. The maximum absolute atomic E-state index is 13.6. The van der Waals surface area contributed by atoms with Crippen LogP contribution in [0.3, 0.4) is 0 Å². The summed E-state index contributed by atoms with van der Waals surface area (Å²) < 4.78 is 14.3. The maximum atomic E-state index is 13.6. The van der Waals surface area contributed by atoms with E-state index in [2.05, 4.69) is 10.4 Å². The second-order valence-corrected chi connectivity index (χ2v) is 5.67. The summed E-state index contributed by atoms with van der Waals surface area (Å²) in [4.78, 5) is 36.0. The molecule has 0 spiro atoms. The van der Waals surface area contributed by atoms with Crippen LogP contribution in [0.1, 0.15) is 16.1 Å². The predicted molar refractivity (Wildman–Crippen MR) is 92.7 cm³/mol. The number of carbonyl (C=O) groups excluding carboxylic acids is 1. The molecule has 0 radical (unpaired) electrons. The number of fused-ring (bicyclic) bond motifs is 1. The van der Waals surface area contributed by atoms with Crippen molar-refractivity contribution in [3.63, 3.8) is 0 Å². The number of anilines is 1. The molecule has 0 aliphatic rings. The number of rotatable bonds is 4. The molecule has 1 amide bonds. The minimum atomic E-state index is -1.31. The van der Waals surface area contributed by atoms with Crippen molar-refractivity contribution in [1.29, 1.82) is 0 Å². The van der Waals surface area contributed by atoms with Crippen LogP contribution < -0.4 is 10.9 Å². The Morgan fingerprint density at radius 3 is 2.54 bits per heavy atom.